The van der Waals surface area contributed by atoms with E-state index in [1.807, 2.05) is 12.4 Å². The van der Waals surface area contributed by atoms with E-state index in [1.165, 1.54) is 37.1 Å². The number of pyridine rings is 1. The highest BCUT2D eigenvalue weighted by atomic mass is 15.1. The van der Waals surface area contributed by atoms with Crippen LogP contribution in [0.1, 0.15) is 30.9 Å². The summed E-state index contributed by atoms with van der Waals surface area (Å²) < 4.78 is 0. The van der Waals surface area contributed by atoms with E-state index in [2.05, 4.69) is 22.9 Å². The molecule has 1 aliphatic heterocycles. The summed E-state index contributed by atoms with van der Waals surface area (Å²) in [5, 5.41) is 0. The smallest absolute Gasteiger partial charge is 0.0313 e. The van der Waals surface area contributed by atoms with Crippen LogP contribution in [0.3, 0.4) is 0 Å². The summed E-state index contributed by atoms with van der Waals surface area (Å²) in [5.74, 6) is 0. The zero-order chi connectivity index (χ0) is 9.80. The van der Waals surface area contributed by atoms with Crippen molar-refractivity contribution < 1.29 is 0 Å². The molecule has 1 aromatic rings. The lowest BCUT2D eigenvalue weighted by Gasteiger charge is -2.14. The Kier molecular flexibility index (Phi) is 3.14. The second-order valence-corrected chi connectivity index (χ2v) is 4.04. The maximum Gasteiger partial charge on any atom is 0.0313 e. The van der Waals surface area contributed by atoms with Crippen molar-refractivity contribution >= 4 is 0 Å². The molecule has 0 bridgehead atoms. The molecule has 1 aliphatic rings. The van der Waals surface area contributed by atoms with Crippen LogP contribution < -0.4 is 0 Å². The third-order valence-corrected chi connectivity index (χ3v) is 2.86. The van der Waals surface area contributed by atoms with E-state index in [9.17, 15) is 0 Å². The minimum atomic E-state index is 1.08. The van der Waals surface area contributed by atoms with Crippen molar-refractivity contribution in [1.82, 2.24) is 9.88 Å². The van der Waals surface area contributed by atoms with Crippen LogP contribution >= 0.6 is 0 Å². The van der Waals surface area contributed by atoms with Gasteiger partial charge in [-0.25, -0.2) is 0 Å². The number of hydrogen-bond acceptors (Lipinski definition) is 2. The number of hydrogen-bond donors (Lipinski definition) is 0. The van der Waals surface area contributed by atoms with Crippen molar-refractivity contribution in [2.24, 2.45) is 0 Å². The second kappa shape index (κ2) is 4.56. The Hall–Kier alpha value is -0.890. The van der Waals surface area contributed by atoms with E-state index in [1.54, 1.807) is 0 Å². The molecular formula is C12H18N2. The number of aromatic nitrogens is 1. The molecule has 1 fully saturated rings. The predicted octanol–water partition coefficient (Wildman–Crippen LogP) is 2.24. The minimum absolute atomic E-state index is 1.08. The molecule has 1 aromatic heterocycles. The molecule has 0 unspecified atom stereocenters. The van der Waals surface area contributed by atoms with Crippen molar-refractivity contribution in [2.45, 2.75) is 32.7 Å². The molecule has 2 nitrogen and oxygen atoms in total. The maximum absolute atomic E-state index is 4.27. The number of rotatable bonds is 3. The molecule has 0 saturated carbocycles. The van der Waals surface area contributed by atoms with E-state index < -0.39 is 0 Å². The quantitative estimate of drug-likeness (QED) is 0.726. The lowest BCUT2D eigenvalue weighted by Crippen LogP contribution is -2.18. The first-order valence-electron chi connectivity index (χ1n) is 5.53. The molecule has 2 heterocycles. The van der Waals surface area contributed by atoms with Crippen molar-refractivity contribution in [3.8, 4) is 0 Å². The van der Waals surface area contributed by atoms with Gasteiger partial charge in [0.15, 0.2) is 0 Å². The van der Waals surface area contributed by atoms with Crippen molar-refractivity contribution in [3.05, 3.63) is 29.6 Å². The van der Waals surface area contributed by atoms with E-state index >= 15 is 0 Å². The Bertz CT molecular complexity index is 290. The Labute approximate surface area is 86.0 Å². The molecule has 0 spiro atoms. The van der Waals surface area contributed by atoms with Crippen molar-refractivity contribution in [2.75, 3.05) is 13.1 Å². The summed E-state index contributed by atoms with van der Waals surface area (Å²) in [6, 6.07) is 2.28. The zero-order valence-electron chi connectivity index (χ0n) is 8.87. The predicted molar refractivity (Wildman–Crippen MR) is 58.1 cm³/mol. The summed E-state index contributed by atoms with van der Waals surface area (Å²) in [6.45, 7) is 5.78. The van der Waals surface area contributed by atoms with Gasteiger partial charge < -0.3 is 0 Å². The molecule has 0 amide bonds. The molecule has 0 atom stereocenters. The third-order valence-electron chi connectivity index (χ3n) is 2.86. The lowest BCUT2D eigenvalue weighted by atomic mass is 10.1. The van der Waals surface area contributed by atoms with Gasteiger partial charge >= 0.3 is 0 Å². The first-order chi connectivity index (χ1) is 6.88. The van der Waals surface area contributed by atoms with Crippen LogP contribution in [0, 0.1) is 0 Å². The van der Waals surface area contributed by atoms with Crippen LogP contribution in [0.4, 0.5) is 0 Å². The highest BCUT2D eigenvalue weighted by molar-refractivity contribution is 5.17. The zero-order valence-corrected chi connectivity index (χ0v) is 8.87. The molecule has 1 saturated heterocycles. The van der Waals surface area contributed by atoms with Crippen LogP contribution in [0.15, 0.2) is 18.5 Å². The second-order valence-electron chi connectivity index (χ2n) is 4.04. The first kappa shape index (κ1) is 9.66. The molecule has 0 N–H and O–H groups in total. The molecule has 2 rings (SSSR count). The highest BCUT2D eigenvalue weighted by Crippen LogP contribution is 2.12. The van der Waals surface area contributed by atoms with Crippen molar-refractivity contribution in [3.63, 3.8) is 0 Å². The molecule has 2 heteroatoms. The number of aryl methyl sites for hydroxylation is 1. The summed E-state index contributed by atoms with van der Waals surface area (Å²) in [7, 11) is 0. The van der Waals surface area contributed by atoms with Crippen LogP contribution in [-0.2, 0) is 13.0 Å². The van der Waals surface area contributed by atoms with Gasteiger partial charge in [0.25, 0.3) is 0 Å². The van der Waals surface area contributed by atoms with E-state index in [-0.39, 0.29) is 0 Å². The molecule has 0 aromatic carbocycles. The fourth-order valence-electron chi connectivity index (χ4n) is 2.02. The number of likely N-dealkylation sites (tertiary alicyclic amines) is 1. The van der Waals surface area contributed by atoms with Gasteiger partial charge in [-0.1, -0.05) is 13.0 Å². The monoisotopic (exact) mass is 190 g/mol. The first-order valence-corrected chi connectivity index (χ1v) is 5.53. The van der Waals surface area contributed by atoms with Gasteiger partial charge in [0, 0.05) is 18.9 Å². The summed E-state index contributed by atoms with van der Waals surface area (Å²) in [6.07, 6.45) is 7.77. The molecular weight excluding hydrogens is 172 g/mol. The van der Waals surface area contributed by atoms with Gasteiger partial charge in [0.05, 0.1) is 0 Å². The average Bonchev–Trinajstić information content (AvgIpc) is 2.71. The van der Waals surface area contributed by atoms with Crippen LogP contribution in [0.25, 0.3) is 0 Å². The minimum Gasteiger partial charge on any atom is -0.299 e. The lowest BCUT2D eigenvalue weighted by molar-refractivity contribution is 0.331. The van der Waals surface area contributed by atoms with E-state index in [4.69, 9.17) is 0 Å². The maximum atomic E-state index is 4.27. The topological polar surface area (TPSA) is 16.1 Å². The van der Waals surface area contributed by atoms with Crippen LogP contribution in [0.2, 0.25) is 0 Å². The fraction of sp³-hybridized carbons (Fsp3) is 0.583. The van der Waals surface area contributed by atoms with Gasteiger partial charge in [-0.05, 0) is 43.5 Å². The molecule has 0 radical (unpaired) electrons. The Morgan fingerprint density at radius 3 is 2.64 bits per heavy atom. The Morgan fingerprint density at radius 1 is 1.21 bits per heavy atom. The highest BCUT2D eigenvalue weighted by Gasteiger charge is 2.11. The normalized spacial score (nSPS) is 17.5. The van der Waals surface area contributed by atoms with Gasteiger partial charge in [-0.3, -0.25) is 9.88 Å². The van der Waals surface area contributed by atoms with Crippen LogP contribution in [0.5, 0.6) is 0 Å². The molecule has 0 aliphatic carbocycles. The van der Waals surface area contributed by atoms with Gasteiger partial charge in [-0.2, -0.15) is 0 Å². The molecule has 14 heavy (non-hydrogen) atoms. The number of nitrogens with zero attached hydrogens (tertiary/aromatic N) is 2. The van der Waals surface area contributed by atoms with E-state index in [0.717, 1.165) is 13.0 Å². The van der Waals surface area contributed by atoms with Crippen LogP contribution in [-0.4, -0.2) is 23.0 Å². The van der Waals surface area contributed by atoms with Crippen molar-refractivity contribution in [1.29, 1.82) is 0 Å². The molecule has 76 valence electrons. The Morgan fingerprint density at radius 2 is 1.93 bits per heavy atom. The standard InChI is InChI=1S/C12H18N2/c1-2-11-7-12(9-13-8-11)10-14-5-3-4-6-14/h7-9H,2-6,10H2,1H3. The SMILES string of the molecule is CCc1cncc(CN2CCCC2)c1. The summed E-state index contributed by atoms with van der Waals surface area (Å²) >= 11 is 0. The summed E-state index contributed by atoms with van der Waals surface area (Å²) in [4.78, 5) is 6.78. The third kappa shape index (κ3) is 2.32. The summed E-state index contributed by atoms with van der Waals surface area (Å²) in [5.41, 5.74) is 2.72. The average molecular weight is 190 g/mol. The van der Waals surface area contributed by atoms with Gasteiger partial charge in [0.2, 0.25) is 0 Å². The van der Waals surface area contributed by atoms with E-state index in [0.29, 0.717) is 0 Å². The Balaban J connectivity index is 2.00. The largest absolute Gasteiger partial charge is 0.299 e. The van der Waals surface area contributed by atoms with Gasteiger partial charge in [-0.15, -0.1) is 0 Å². The van der Waals surface area contributed by atoms with Gasteiger partial charge in [0.1, 0.15) is 0 Å². The fourth-order valence-corrected chi connectivity index (χ4v) is 2.02.